The number of allylic oxidation sites excluding steroid dienone is 16. The van der Waals surface area contributed by atoms with Crippen molar-refractivity contribution in [1.29, 1.82) is 0 Å². The lowest BCUT2D eigenvalue weighted by molar-refractivity contribution is -0.220. The first-order valence-corrected chi connectivity index (χ1v) is 25.4. The first-order chi connectivity index (χ1) is 32.2. The second-order valence-corrected chi connectivity index (χ2v) is 17.7. The van der Waals surface area contributed by atoms with Crippen LogP contribution < -0.4 is 0 Å². The average Bonchev–Trinajstić information content (AvgIpc) is 3.30. The van der Waals surface area contributed by atoms with E-state index in [2.05, 4.69) is 74.6 Å². The number of carbonyl (C=O) groups is 2. The van der Waals surface area contributed by atoms with Crippen molar-refractivity contribution in [1.82, 2.24) is 0 Å². The summed E-state index contributed by atoms with van der Waals surface area (Å²) in [6.45, 7) is 2.85. The van der Waals surface area contributed by atoms with Gasteiger partial charge in [0.05, 0.1) is 18.8 Å². The Hall–Kier alpha value is -3.57. The van der Waals surface area contributed by atoms with Crippen LogP contribution in [0.1, 0.15) is 129 Å². The molecule has 1 aliphatic rings. The zero-order chi connectivity index (χ0) is 49.5. The highest BCUT2D eigenvalue weighted by atomic mass is 31.2. The predicted octanol–water partition coefficient (Wildman–Crippen LogP) is 7.55. The summed E-state index contributed by atoms with van der Waals surface area (Å²) in [5.74, 6) is -1.38. The van der Waals surface area contributed by atoms with Crippen molar-refractivity contribution in [2.24, 2.45) is 0 Å². The molecule has 15 nitrogen and oxygen atoms in total. The van der Waals surface area contributed by atoms with E-state index in [1.807, 2.05) is 24.3 Å². The monoisotopic (exact) mass is 965 g/mol. The van der Waals surface area contributed by atoms with Gasteiger partial charge < -0.3 is 50.1 Å². The molecule has 10 atom stereocenters. The van der Waals surface area contributed by atoms with Gasteiger partial charge in [-0.05, 0) is 77.0 Å². The second kappa shape index (κ2) is 39.3. The molecule has 380 valence electrons. The van der Waals surface area contributed by atoms with Gasteiger partial charge >= 0.3 is 19.8 Å². The maximum absolute atomic E-state index is 12.8. The van der Waals surface area contributed by atoms with Gasteiger partial charge in [-0.3, -0.25) is 18.6 Å². The Balaban J connectivity index is 2.59. The molecule has 1 saturated carbocycles. The minimum absolute atomic E-state index is 0.000857. The smallest absolute Gasteiger partial charge is 0.462 e. The summed E-state index contributed by atoms with van der Waals surface area (Å²) in [6, 6.07) is 0. The molecule has 0 aromatic carbocycles. The van der Waals surface area contributed by atoms with Crippen LogP contribution in [-0.4, -0.2) is 121 Å². The van der Waals surface area contributed by atoms with E-state index in [0.29, 0.717) is 12.8 Å². The maximum atomic E-state index is 12.8. The molecular weight excluding hydrogens is 884 g/mol. The summed E-state index contributed by atoms with van der Waals surface area (Å²) in [7, 11) is -5.19. The third-order valence-electron chi connectivity index (χ3n) is 10.3. The van der Waals surface area contributed by atoms with E-state index < -0.39 is 87.9 Å². The van der Waals surface area contributed by atoms with Crippen LogP contribution in [0, 0.1) is 0 Å². The summed E-state index contributed by atoms with van der Waals surface area (Å²) < 4.78 is 33.4. The molecule has 0 spiro atoms. The molecule has 16 heteroatoms. The van der Waals surface area contributed by atoms with E-state index >= 15 is 0 Å². The molecule has 0 saturated heterocycles. The Morgan fingerprint density at radius 3 is 1.60 bits per heavy atom. The minimum Gasteiger partial charge on any atom is -0.462 e. The van der Waals surface area contributed by atoms with E-state index in [0.717, 1.165) is 77.0 Å². The fraction of sp³-hybridized carbons (Fsp3) is 0.608. The molecule has 0 aromatic heterocycles. The van der Waals surface area contributed by atoms with Gasteiger partial charge in [-0.2, -0.15) is 0 Å². The predicted molar refractivity (Wildman–Crippen MR) is 260 cm³/mol. The molecule has 3 unspecified atom stereocenters. The third-order valence-corrected chi connectivity index (χ3v) is 11.3. The van der Waals surface area contributed by atoms with E-state index in [1.54, 1.807) is 24.3 Å². The van der Waals surface area contributed by atoms with E-state index in [4.69, 9.17) is 18.5 Å². The topological polar surface area (TPSA) is 250 Å². The largest absolute Gasteiger partial charge is 0.472 e. The van der Waals surface area contributed by atoms with Crippen molar-refractivity contribution < 1.29 is 73.3 Å². The molecule has 67 heavy (non-hydrogen) atoms. The number of hydrogen-bond donors (Lipinski definition) is 8. The standard InChI is InChI=1S/C51H81O15P/c1-3-5-7-8-9-10-11-12-13-14-15-16-17-18-19-20-24-27-31-37-45(55)65-43(40-64-67(61,62)66-51-49(59)47(57)46(56)48(58)50(51)60)39-63-44(54)38-32-36-42(53)35-30-26-23-21-22-25-29-34-41(52)33-28-6-4-2/h5,7,9-10,12-13,15-16,18-19,22-23,25-26,29-30,34-35,41-43,46-53,56-60H,3-4,6,8,11,14,17,20-21,24,27-28,31-33,36-40H2,1-2H3,(H,61,62)/b7-5-,10-9-,13-12-,16-15-,19-18-,25-22-,26-23-,34-29+,35-30+/t41-,42-,43+,46?,47-,48+,49+,50+,51?/m0/s1. The summed E-state index contributed by atoms with van der Waals surface area (Å²) in [5.41, 5.74) is 0. The van der Waals surface area contributed by atoms with Crippen LogP contribution in [0.5, 0.6) is 0 Å². The van der Waals surface area contributed by atoms with Gasteiger partial charge in [0, 0.05) is 12.8 Å². The van der Waals surface area contributed by atoms with Gasteiger partial charge in [0.15, 0.2) is 6.10 Å². The fourth-order valence-electron chi connectivity index (χ4n) is 6.41. The highest BCUT2D eigenvalue weighted by Crippen LogP contribution is 2.47. The summed E-state index contributed by atoms with van der Waals surface area (Å²) in [6.07, 6.45) is 33.3. The SMILES string of the molecule is CC/C=C\C/C=C\C/C=C\C/C=C\C/C=C\CCCCCC(=O)O[C@H](COC(=O)CCC[C@@H](O)/C=C/C=C\C/C=C\C=C\[C@@H](O)CCCCC)COP(=O)(O)OC1[C@H](O)[C@H](O)C(O)[C@H](O)[C@H]1O. The Labute approximate surface area is 398 Å². The van der Waals surface area contributed by atoms with Gasteiger partial charge in [-0.1, -0.05) is 149 Å². The number of esters is 2. The summed E-state index contributed by atoms with van der Waals surface area (Å²) in [4.78, 5) is 35.8. The highest BCUT2D eigenvalue weighted by molar-refractivity contribution is 7.47. The zero-order valence-corrected chi connectivity index (χ0v) is 40.5. The number of aliphatic hydroxyl groups is 7. The number of aliphatic hydroxyl groups excluding tert-OH is 7. The van der Waals surface area contributed by atoms with Gasteiger partial charge in [0.25, 0.3) is 0 Å². The zero-order valence-electron chi connectivity index (χ0n) is 39.6. The van der Waals surface area contributed by atoms with Crippen LogP contribution in [0.15, 0.2) is 109 Å². The van der Waals surface area contributed by atoms with Crippen LogP contribution in [0.25, 0.3) is 0 Å². The molecule has 1 aliphatic carbocycles. The number of hydrogen-bond acceptors (Lipinski definition) is 14. The molecule has 0 heterocycles. The second-order valence-electron chi connectivity index (χ2n) is 16.3. The molecule has 0 radical (unpaired) electrons. The molecule has 1 rings (SSSR count). The number of phosphoric ester groups is 1. The van der Waals surface area contributed by atoms with Crippen LogP contribution in [0.4, 0.5) is 0 Å². The number of rotatable bonds is 37. The minimum atomic E-state index is -5.19. The lowest BCUT2D eigenvalue weighted by Crippen LogP contribution is -2.64. The number of unbranched alkanes of at least 4 members (excludes halogenated alkanes) is 5. The van der Waals surface area contributed by atoms with Crippen LogP contribution in [0.2, 0.25) is 0 Å². The molecular formula is C51H81O15P. The van der Waals surface area contributed by atoms with Crippen molar-refractivity contribution >= 4 is 19.8 Å². The average molecular weight is 965 g/mol. The normalized spacial score (nSPS) is 23.1. The molecule has 0 aromatic rings. The van der Waals surface area contributed by atoms with Crippen LogP contribution in [-0.2, 0) is 32.7 Å². The van der Waals surface area contributed by atoms with Crippen LogP contribution >= 0.6 is 7.82 Å². The van der Waals surface area contributed by atoms with Crippen molar-refractivity contribution in [3.63, 3.8) is 0 Å². The maximum Gasteiger partial charge on any atom is 0.472 e. The first kappa shape index (κ1) is 61.4. The van der Waals surface area contributed by atoms with Crippen molar-refractivity contribution in [3.05, 3.63) is 109 Å². The van der Waals surface area contributed by atoms with E-state index in [1.165, 1.54) is 0 Å². The quantitative estimate of drug-likeness (QED) is 0.00984. The number of ether oxygens (including phenoxy) is 2. The Morgan fingerprint density at radius 1 is 0.552 bits per heavy atom. The van der Waals surface area contributed by atoms with Crippen molar-refractivity contribution in [3.8, 4) is 0 Å². The van der Waals surface area contributed by atoms with Crippen LogP contribution in [0.3, 0.4) is 0 Å². The lowest BCUT2D eigenvalue weighted by Gasteiger charge is -2.41. The molecule has 0 aliphatic heterocycles. The molecule has 8 N–H and O–H groups in total. The Bertz CT molecular complexity index is 1620. The van der Waals surface area contributed by atoms with E-state index in [9.17, 15) is 54.8 Å². The van der Waals surface area contributed by atoms with Gasteiger partial charge in [-0.25, -0.2) is 4.57 Å². The number of carbonyl (C=O) groups excluding carboxylic acids is 2. The first-order valence-electron chi connectivity index (χ1n) is 23.9. The Kier molecular flexibility index (Phi) is 36.0. The third kappa shape index (κ3) is 32.0. The molecule has 0 amide bonds. The molecule has 0 bridgehead atoms. The van der Waals surface area contributed by atoms with Gasteiger partial charge in [-0.15, -0.1) is 0 Å². The fourth-order valence-corrected chi connectivity index (χ4v) is 7.38. The molecule has 1 fully saturated rings. The summed E-state index contributed by atoms with van der Waals surface area (Å²) in [5, 5.41) is 70.4. The lowest BCUT2D eigenvalue weighted by atomic mass is 9.85. The Morgan fingerprint density at radius 2 is 1.04 bits per heavy atom. The highest BCUT2D eigenvalue weighted by Gasteiger charge is 2.51. The van der Waals surface area contributed by atoms with Gasteiger partial charge in [0.1, 0.15) is 43.2 Å². The van der Waals surface area contributed by atoms with Crippen molar-refractivity contribution in [2.75, 3.05) is 13.2 Å². The van der Waals surface area contributed by atoms with Crippen molar-refractivity contribution in [2.45, 2.75) is 184 Å². The summed E-state index contributed by atoms with van der Waals surface area (Å²) >= 11 is 0. The number of phosphoric acid groups is 1. The van der Waals surface area contributed by atoms with Gasteiger partial charge in [0.2, 0.25) is 0 Å². The van der Waals surface area contributed by atoms with E-state index in [-0.39, 0.29) is 25.7 Å².